The Morgan fingerprint density at radius 2 is 1.94 bits per heavy atom. The van der Waals surface area contributed by atoms with Crippen molar-refractivity contribution in [1.82, 2.24) is 10.2 Å². The Balaban J connectivity index is 1.81. The summed E-state index contributed by atoms with van der Waals surface area (Å²) in [7, 11) is 2.13. The Labute approximate surface area is 107 Å². The summed E-state index contributed by atoms with van der Waals surface area (Å²) >= 11 is 0. The highest BCUT2D eigenvalue weighted by Gasteiger charge is 2.34. The van der Waals surface area contributed by atoms with Gasteiger partial charge in [0.1, 0.15) is 0 Å². The third kappa shape index (κ3) is 3.23. The first-order valence-corrected chi connectivity index (χ1v) is 7.40. The fourth-order valence-corrected chi connectivity index (χ4v) is 3.67. The fraction of sp³-hybridized carbons (Fsp3) is 1.00. The lowest BCUT2D eigenvalue weighted by Crippen LogP contribution is -2.37. The first-order valence-electron chi connectivity index (χ1n) is 7.40. The first kappa shape index (κ1) is 13.4. The van der Waals surface area contributed by atoms with Crippen LogP contribution < -0.4 is 5.32 Å². The van der Waals surface area contributed by atoms with E-state index in [9.17, 15) is 0 Å². The minimum absolute atomic E-state index is 0.493. The molecule has 0 amide bonds. The summed E-state index contributed by atoms with van der Waals surface area (Å²) in [5.74, 6) is 1.80. The van der Waals surface area contributed by atoms with E-state index in [-0.39, 0.29) is 0 Å². The average molecular weight is 238 g/mol. The van der Waals surface area contributed by atoms with Crippen LogP contribution in [0.15, 0.2) is 0 Å². The average Bonchev–Trinajstić information content (AvgIpc) is 2.86. The second-order valence-electron chi connectivity index (χ2n) is 7.20. The van der Waals surface area contributed by atoms with Gasteiger partial charge < -0.3 is 10.2 Å². The fourth-order valence-electron chi connectivity index (χ4n) is 3.67. The van der Waals surface area contributed by atoms with E-state index in [2.05, 4.69) is 38.0 Å². The molecule has 0 aromatic heterocycles. The largest absolute Gasteiger partial charge is 0.317 e. The van der Waals surface area contributed by atoms with Crippen molar-refractivity contribution in [2.24, 2.45) is 17.3 Å². The summed E-state index contributed by atoms with van der Waals surface area (Å²) in [4.78, 5) is 2.72. The molecule has 100 valence electrons. The molecule has 0 spiro atoms. The van der Waals surface area contributed by atoms with Gasteiger partial charge in [0.15, 0.2) is 0 Å². The lowest BCUT2D eigenvalue weighted by atomic mass is 9.80. The van der Waals surface area contributed by atoms with Gasteiger partial charge in [-0.05, 0) is 50.1 Å². The molecule has 3 unspecified atom stereocenters. The zero-order valence-corrected chi connectivity index (χ0v) is 12.1. The predicted molar refractivity (Wildman–Crippen MR) is 74.2 cm³/mol. The van der Waals surface area contributed by atoms with Gasteiger partial charge >= 0.3 is 0 Å². The Bertz CT molecular complexity index is 244. The lowest BCUT2D eigenvalue weighted by Gasteiger charge is -2.29. The quantitative estimate of drug-likeness (QED) is 0.813. The van der Waals surface area contributed by atoms with Crippen molar-refractivity contribution < 1.29 is 0 Å². The molecule has 3 atom stereocenters. The van der Waals surface area contributed by atoms with Crippen LogP contribution in [0.1, 0.15) is 46.5 Å². The smallest absolute Gasteiger partial charge is 0.0104 e. The Morgan fingerprint density at radius 3 is 2.53 bits per heavy atom. The zero-order valence-electron chi connectivity index (χ0n) is 12.1. The maximum absolute atomic E-state index is 3.50. The van der Waals surface area contributed by atoms with Crippen LogP contribution in [0, 0.1) is 17.3 Å². The molecule has 0 radical (unpaired) electrons. The van der Waals surface area contributed by atoms with Crippen molar-refractivity contribution in [2.45, 2.75) is 52.5 Å². The van der Waals surface area contributed by atoms with Crippen LogP contribution in [-0.2, 0) is 0 Å². The predicted octanol–water partition coefficient (Wildman–Crippen LogP) is 2.74. The molecule has 0 aromatic rings. The van der Waals surface area contributed by atoms with E-state index in [1.807, 2.05) is 0 Å². The van der Waals surface area contributed by atoms with Crippen molar-refractivity contribution in [2.75, 3.05) is 26.7 Å². The molecule has 2 nitrogen and oxygen atoms in total. The molecule has 0 bridgehead atoms. The van der Waals surface area contributed by atoms with Crippen LogP contribution in [-0.4, -0.2) is 37.6 Å². The molecule has 0 aromatic carbocycles. The number of likely N-dealkylation sites (tertiary alicyclic amines) is 1. The van der Waals surface area contributed by atoms with Gasteiger partial charge in [0.05, 0.1) is 0 Å². The van der Waals surface area contributed by atoms with Gasteiger partial charge in [-0.2, -0.15) is 0 Å². The summed E-state index contributed by atoms with van der Waals surface area (Å²) in [5, 5.41) is 3.50. The van der Waals surface area contributed by atoms with Gasteiger partial charge in [0.2, 0.25) is 0 Å². The highest BCUT2D eigenvalue weighted by atomic mass is 15.2. The van der Waals surface area contributed by atoms with Gasteiger partial charge in [0.25, 0.3) is 0 Å². The zero-order chi connectivity index (χ0) is 12.5. The second kappa shape index (κ2) is 5.27. The lowest BCUT2D eigenvalue weighted by molar-refractivity contribution is 0.207. The van der Waals surface area contributed by atoms with Gasteiger partial charge in [0, 0.05) is 19.1 Å². The molecule has 2 heteroatoms. The van der Waals surface area contributed by atoms with E-state index in [0.717, 1.165) is 17.9 Å². The van der Waals surface area contributed by atoms with Crippen molar-refractivity contribution in [1.29, 1.82) is 0 Å². The molecule has 1 saturated heterocycles. The monoisotopic (exact) mass is 238 g/mol. The number of nitrogens with one attached hydrogen (secondary N) is 1. The Kier molecular flexibility index (Phi) is 4.14. The Hall–Kier alpha value is -0.0800. The molecule has 1 heterocycles. The van der Waals surface area contributed by atoms with Crippen LogP contribution in [0.3, 0.4) is 0 Å². The van der Waals surface area contributed by atoms with E-state index in [0.29, 0.717) is 5.41 Å². The van der Waals surface area contributed by atoms with Crippen LogP contribution in [0.4, 0.5) is 0 Å². The molecule has 2 rings (SSSR count). The number of hydrogen-bond acceptors (Lipinski definition) is 2. The minimum Gasteiger partial charge on any atom is -0.317 e. The Morgan fingerprint density at radius 1 is 1.18 bits per heavy atom. The van der Waals surface area contributed by atoms with Crippen molar-refractivity contribution in [3.63, 3.8) is 0 Å². The number of hydrogen-bond donors (Lipinski definition) is 1. The van der Waals surface area contributed by atoms with Crippen LogP contribution in [0.5, 0.6) is 0 Å². The molecule has 1 saturated carbocycles. The normalized spacial score (nSPS) is 35.6. The highest BCUT2D eigenvalue weighted by molar-refractivity contribution is 4.89. The molecule has 2 aliphatic rings. The van der Waals surface area contributed by atoms with Crippen LogP contribution >= 0.6 is 0 Å². The number of nitrogens with zero attached hydrogens (tertiary/aromatic N) is 1. The molecular weight excluding hydrogens is 208 g/mol. The number of rotatable bonds is 3. The molecule has 1 aliphatic heterocycles. The van der Waals surface area contributed by atoms with E-state index >= 15 is 0 Å². The summed E-state index contributed by atoms with van der Waals surface area (Å²) in [6.45, 7) is 11.2. The minimum atomic E-state index is 0.493. The summed E-state index contributed by atoms with van der Waals surface area (Å²) in [6, 6.07) is 0.781. The molecule has 1 aliphatic carbocycles. The van der Waals surface area contributed by atoms with Crippen molar-refractivity contribution >= 4 is 0 Å². The molecule has 17 heavy (non-hydrogen) atoms. The maximum atomic E-state index is 3.50. The van der Waals surface area contributed by atoms with E-state index in [1.165, 1.54) is 45.3 Å². The maximum Gasteiger partial charge on any atom is 0.0104 e. The van der Waals surface area contributed by atoms with Gasteiger partial charge in [-0.25, -0.2) is 0 Å². The van der Waals surface area contributed by atoms with E-state index in [1.54, 1.807) is 0 Å². The van der Waals surface area contributed by atoms with Gasteiger partial charge in [-0.15, -0.1) is 0 Å². The van der Waals surface area contributed by atoms with Gasteiger partial charge in [-0.1, -0.05) is 27.2 Å². The highest BCUT2D eigenvalue weighted by Crippen LogP contribution is 2.35. The summed E-state index contributed by atoms with van der Waals surface area (Å²) in [5.41, 5.74) is 0.493. The molecular formula is C15H30N2. The van der Waals surface area contributed by atoms with Crippen molar-refractivity contribution in [3.05, 3.63) is 0 Å². The second-order valence-corrected chi connectivity index (χ2v) is 7.20. The van der Waals surface area contributed by atoms with E-state index < -0.39 is 0 Å². The summed E-state index contributed by atoms with van der Waals surface area (Å²) < 4.78 is 0. The third-order valence-corrected chi connectivity index (χ3v) is 5.02. The standard InChI is InChI=1S/C15H30N2/c1-15(2,3)13-8-9-17(11-13)10-12-6-5-7-14(12)16-4/h12-14,16H,5-11H2,1-4H3. The van der Waals surface area contributed by atoms with Crippen LogP contribution in [0.25, 0.3) is 0 Å². The molecule has 1 N–H and O–H groups in total. The van der Waals surface area contributed by atoms with Crippen molar-refractivity contribution in [3.8, 4) is 0 Å². The first-order chi connectivity index (χ1) is 8.00. The van der Waals surface area contributed by atoms with E-state index in [4.69, 9.17) is 0 Å². The third-order valence-electron chi connectivity index (χ3n) is 5.02. The van der Waals surface area contributed by atoms with Crippen LogP contribution in [0.2, 0.25) is 0 Å². The SMILES string of the molecule is CNC1CCCC1CN1CCC(C(C)(C)C)C1. The topological polar surface area (TPSA) is 15.3 Å². The summed E-state index contributed by atoms with van der Waals surface area (Å²) in [6.07, 6.45) is 5.65. The van der Waals surface area contributed by atoms with Gasteiger partial charge in [-0.3, -0.25) is 0 Å². The molecule has 2 fully saturated rings.